The van der Waals surface area contributed by atoms with Crippen molar-refractivity contribution in [2.45, 2.75) is 0 Å². The van der Waals surface area contributed by atoms with E-state index in [1.807, 2.05) is 0 Å². The zero-order chi connectivity index (χ0) is 14.8. The van der Waals surface area contributed by atoms with Gasteiger partial charge < -0.3 is 0 Å². The molecule has 0 aliphatic carbocycles. The summed E-state index contributed by atoms with van der Waals surface area (Å²) in [7, 11) is 0. The second-order valence-electron chi connectivity index (χ2n) is 4.13. The Morgan fingerprint density at radius 3 is 2.62 bits per heavy atom. The molecule has 2 aromatic rings. The van der Waals surface area contributed by atoms with Crippen LogP contribution in [0, 0.1) is 0 Å². The second kappa shape index (κ2) is 6.44. The molecule has 1 fully saturated rings. The van der Waals surface area contributed by atoms with Gasteiger partial charge in [0.25, 0.3) is 0 Å². The van der Waals surface area contributed by atoms with Gasteiger partial charge in [-0.2, -0.15) is 5.10 Å². The average molecular weight is 358 g/mol. The molecule has 3 rings (SSSR count). The Kier molecular flexibility index (Phi) is 4.59. The minimum atomic E-state index is -0.181. The number of aromatic nitrogens is 3. The van der Waals surface area contributed by atoms with Gasteiger partial charge in [0.2, 0.25) is 5.78 Å². The maximum atomic E-state index is 12.9. The number of rotatable bonds is 3. The highest BCUT2D eigenvalue weighted by Gasteiger charge is 2.25. The standard InChI is InChI=1S/C13H9Cl2N3OS2/c14-8-1-2-9(10(15)5-8)12(19)11(13-20-3-4-21-13)18-7-16-6-17-18/h1-2,5-7H,3-4H2. The quantitative estimate of drug-likeness (QED) is 0.611. The zero-order valence-electron chi connectivity index (χ0n) is 10.6. The second-order valence-corrected chi connectivity index (χ2v) is 7.44. The van der Waals surface area contributed by atoms with Crippen molar-refractivity contribution < 1.29 is 4.79 Å². The lowest BCUT2D eigenvalue weighted by atomic mass is 10.1. The van der Waals surface area contributed by atoms with Crippen LogP contribution in [0.5, 0.6) is 0 Å². The number of carbonyl (C=O) groups is 1. The van der Waals surface area contributed by atoms with E-state index >= 15 is 0 Å². The molecule has 0 N–H and O–H groups in total. The van der Waals surface area contributed by atoms with Gasteiger partial charge in [0.1, 0.15) is 18.4 Å². The van der Waals surface area contributed by atoms with Gasteiger partial charge in [0.15, 0.2) is 0 Å². The molecule has 2 heterocycles. The van der Waals surface area contributed by atoms with Gasteiger partial charge in [-0.15, -0.1) is 23.5 Å². The number of hydrogen-bond donors (Lipinski definition) is 0. The van der Waals surface area contributed by atoms with Gasteiger partial charge in [-0.05, 0) is 18.2 Å². The number of thioether (sulfide) groups is 2. The first-order valence-corrected chi connectivity index (χ1v) is 8.74. The third-order valence-corrected chi connectivity index (χ3v) is 6.02. The Labute approximate surface area is 139 Å². The molecule has 0 spiro atoms. The van der Waals surface area contributed by atoms with E-state index in [2.05, 4.69) is 10.1 Å². The van der Waals surface area contributed by atoms with Gasteiger partial charge in [0, 0.05) is 22.1 Å². The number of ketones is 1. The lowest BCUT2D eigenvalue weighted by Crippen LogP contribution is -2.11. The highest BCUT2D eigenvalue weighted by molar-refractivity contribution is 8.25. The fraction of sp³-hybridized carbons (Fsp3) is 0.154. The summed E-state index contributed by atoms with van der Waals surface area (Å²) < 4.78 is 2.44. The first-order valence-electron chi connectivity index (χ1n) is 6.01. The number of nitrogens with zero attached hydrogens (tertiary/aromatic N) is 3. The van der Waals surface area contributed by atoms with E-state index in [9.17, 15) is 4.79 Å². The molecule has 0 amide bonds. The first-order chi connectivity index (χ1) is 10.2. The minimum Gasteiger partial charge on any atom is -0.287 e. The molecule has 0 saturated carbocycles. The molecule has 0 atom stereocenters. The van der Waals surface area contributed by atoms with Crippen LogP contribution in [0.4, 0.5) is 0 Å². The number of benzene rings is 1. The van der Waals surface area contributed by atoms with Gasteiger partial charge in [-0.1, -0.05) is 23.2 Å². The molecule has 8 heteroatoms. The van der Waals surface area contributed by atoms with Crippen LogP contribution in [0.25, 0.3) is 5.70 Å². The van der Waals surface area contributed by atoms with Crippen LogP contribution >= 0.6 is 46.7 Å². The SMILES string of the molecule is O=C(C(=C1SCCS1)n1cncn1)c1ccc(Cl)cc1Cl. The van der Waals surface area contributed by atoms with Crippen LogP contribution in [0.2, 0.25) is 10.0 Å². The summed E-state index contributed by atoms with van der Waals surface area (Å²) in [6.07, 6.45) is 2.92. The van der Waals surface area contributed by atoms with Crippen molar-refractivity contribution in [3.63, 3.8) is 0 Å². The van der Waals surface area contributed by atoms with Crippen LogP contribution in [0.15, 0.2) is 35.1 Å². The van der Waals surface area contributed by atoms with Crippen LogP contribution < -0.4 is 0 Å². The maximum Gasteiger partial charge on any atom is 0.214 e. The summed E-state index contributed by atoms with van der Waals surface area (Å²) in [5, 5.41) is 4.91. The summed E-state index contributed by atoms with van der Waals surface area (Å²) >= 11 is 15.3. The number of Topliss-reactive ketones (excluding diaryl/α,β-unsaturated/α-hetero) is 1. The third-order valence-electron chi connectivity index (χ3n) is 2.78. The monoisotopic (exact) mass is 357 g/mol. The molecule has 21 heavy (non-hydrogen) atoms. The zero-order valence-corrected chi connectivity index (χ0v) is 13.8. The van der Waals surface area contributed by atoms with Crippen LogP contribution in [-0.4, -0.2) is 32.1 Å². The molecule has 0 bridgehead atoms. The van der Waals surface area contributed by atoms with Crippen molar-refractivity contribution in [2.24, 2.45) is 0 Å². The Hall–Kier alpha value is -0.950. The molecule has 1 aromatic heterocycles. The van der Waals surface area contributed by atoms with Crippen LogP contribution in [-0.2, 0) is 0 Å². The van der Waals surface area contributed by atoms with E-state index in [1.54, 1.807) is 41.7 Å². The Morgan fingerprint density at radius 1 is 1.24 bits per heavy atom. The largest absolute Gasteiger partial charge is 0.287 e. The molecule has 1 aliphatic rings. The molecular weight excluding hydrogens is 349 g/mol. The normalized spacial score (nSPS) is 14.5. The van der Waals surface area contributed by atoms with Crippen molar-refractivity contribution in [1.82, 2.24) is 14.8 Å². The van der Waals surface area contributed by atoms with E-state index in [0.29, 0.717) is 21.3 Å². The molecule has 1 aromatic carbocycles. The predicted octanol–water partition coefficient (Wildman–Crippen LogP) is 4.07. The first kappa shape index (κ1) is 15.0. The van der Waals surface area contributed by atoms with Crippen molar-refractivity contribution >= 4 is 58.2 Å². The van der Waals surface area contributed by atoms with Crippen LogP contribution in [0.3, 0.4) is 0 Å². The number of carbonyl (C=O) groups excluding carboxylic acids is 1. The van der Waals surface area contributed by atoms with Crippen molar-refractivity contribution in [1.29, 1.82) is 0 Å². The van der Waals surface area contributed by atoms with Gasteiger partial charge in [-0.25, -0.2) is 9.67 Å². The maximum absolute atomic E-state index is 12.9. The molecule has 0 radical (unpaired) electrons. The fourth-order valence-electron chi connectivity index (χ4n) is 1.86. The Balaban J connectivity index is 2.09. The number of halogens is 2. The highest BCUT2D eigenvalue weighted by Crippen LogP contribution is 2.41. The lowest BCUT2D eigenvalue weighted by molar-refractivity contribution is 0.105. The van der Waals surface area contributed by atoms with Crippen molar-refractivity contribution in [3.8, 4) is 0 Å². The third kappa shape index (κ3) is 3.13. The molecule has 4 nitrogen and oxygen atoms in total. The summed E-state index contributed by atoms with van der Waals surface area (Å²) in [4.78, 5) is 16.8. The summed E-state index contributed by atoms with van der Waals surface area (Å²) in [6.45, 7) is 0. The van der Waals surface area contributed by atoms with E-state index in [4.69, 9.17) is 23.2 Å². The Morgan fingerprint density at radius 2 is 2.00 bits per heavy atom. The van der Waals surface area contributed by atoms with Crippen molar-refractivity contribution in [3.05, 3.63) is 50.7 Å². The molecular formula is C13H9Cl2N3OS2. The molecule has 1 aliphatic heterocycles. The van der Waals surface area contributed by atoms with E-state index in [-0.39, 0.29) is 5.78 Å². The predicted molar refractivity (Wildman–Crippen MR) is 88.9 cm³/mol. The molecule has 1 saturated heterocycles. The van der Waals surface area contributed by atoms with Gasteiger partial charge in [-0.3, -0.25) is 4.79 Å². The lowest BCUT2D eigenvalue weighted by Gasteiger charge is -2.10. The topological polar surface area (TPSA) is 47.8 Å². The number of hydrogen-bond acceptors (Lipinski definition) is 5. The number of allylic oxidation sites excluding steroid dienone is 1. The van der Waals surface area contributed by atoms with Crippen molar-refractivity contribution in [2.75, 3.05) is 11.5 Å². The Bertz CT molecular complexity index is 708. The van der Waals surface area contributed by atoms with E-state index in [1.165, 1.54) is 17.3 Å². The molecule has 0 unspecified atom stereocenters. The fourth-order valence-corrected chi connectivity index (χ4v) is 4.87. The van der Waals surface area contributed by atoms with Crippen LogP contribution in [0.1, 0.15) is 10.4 Å². The summed E-state index contributed by atoms with van der Waals surface area (Å²) in [5.74, 6) is 1.76. The van der Waals surface area contributed by atoms with E-state index in [0.717, 1.165) is 15.7 Å². The van der Waals surface area contributed by atoms with Gasteiger partial charge in [0.05, 0.1) is 9.26 Å². The minimum absolute atomic E-state index is 0.181. The van der Waals surface area contributed by atoms with Gasteiger partial charge >= 0.3 is 0 Å². The van der Waals surface area contributed by atoms with E-state index < -0.39 is 0 Å². The highest BCUT2D eigenvalue weighted by atomic mass is 35.5. The molecule has 108 valence electrons. The smallest absolute Gasteiger partial charge is 0.214 e. The summed E-state index contributed by atoms with van der Waals surface area (Å²) in [6, 6.07) is 4.85. The average Bonchev–Trinajstić information content (AvgIpc) is 3.12. The summed E-state index contributed by atoms with van der Waals surface area (Å²) in [5.41, 5.74) is 0.899.